The van der Waals surface area contributed by atoms with Gasteiger partial charge in [0.2, 0.25) is 23.6 Å². The molecule has 2 aromatic rings. The summed E-state index contributed by atoms with van der Waals surface area (Å²) in [6, 6.07) is 17.5. The molecule has 3 N–H and O–H groups in total. The van der Waals surface area contributed by atoms with Gasteiger partial charge in [-0.3, -0.25) is 19.2 Å². The molecule has 0 aromatic heterocycles. The quantitative estimate of drug-likeness (QED) is 0.356. The van der Waals surface area contributed by atoms with Crippen LogP contribution in [0.1, 0.15) is 38.3 Å². The molecule has 40 heavy (non-hydrogen) atoms. The van der Waals surface area contributed by atoms with Crippen LogP contribution in [0.4, 0.5) is 0 Å². The van der Waals surface area contributed by atoms with Gasteiger partial charge in [0, 0.05) is 25.4 Å². The first kappa shape index (κ1) is 30.6. The molecule has 0 unspecified atom stereocenters. The molecule has 4 amide bonds. The number of rotatable bonds is 13. The highest BCUT2D eigenvalue weighted by atomic mass is 16.2. The Bertz CT molecular complexity index is 1170. The maximum Gasteiger partial charge on any atom is 0.250 e. The Hall–Kier alpha value is -3.98. The van der Waals surface area contributed by atoms with Gasteiger partial charge >= 0.3 is 0 Å². The minimum absolute atomic E-state index is 0.149. The smallest absolute Gasteiger partial charge is 0.250 e. The van der Waals surface area contributed by atoms with E-state index in [1.807, 2.05) is 74.5 Å². The lowest BCUT2D eigenvalue weighted by Gasteiger charge is -2.36. The zero-order chi connectivity index (χ0) is 29.1. The molecule has 214 valence electrons. The molecule has 1 aliphatic heterocycles. The van der Waals surface area contributed by atoms with Crippen LogP contribution in [0.25, 0.3) is 0 Å². The Balaban J connectivity index is 1.71. The first-order valence-corrected chi connectivity index (χ1v) is 13.8. The molecular formula is C31H41N5O4. The van der Waals surface area contributed by atoms with Gasteiger partial charge in [0.1, 0.15) is 12.1 Å². The second kappa shape index (κ2) is 15.0. The molecular weight excluding hydrogens is 506 g/mol. The average molecular weight is 548 g/mol. The fourth-order valence-corrected chi connectivity index (χ4v) is 4.51. The van der Waals surface area contributed by atoms with E-state index < -0.39 is 29.9 Å². The zero-order valence-corrected chi connectivity index (χ0v) is 23.8. The zero-order valence-electron chi connectivity index (χ0n) is 23.8. The van der Waals surface area contributed by atoms with Crippen molar-refractivity contribution in [3.05, 3.63) is 84.2 Å². The van der Waals surface area contributed by atoms with E-state index in [9.17, 15) is 19.2 Å². The third-order valence-corrected chi connectivity index (χ3v) is 6.94. The summed E-state index contributed by atoms with van der Waals surface area (Å²) in [5, 5.41) is 8.31. The van der Waals surface area contributed by atoms with Crippen molar-refractivity contribution in [3.63, 3.8) is 0 Å². The van der Waals surface area contributed by atoms with Crippen molar-refractivity contribution in [2.75, 3.05) is 20.1 Å². The van der Waals surface area contributed by atoms with Crippen LogP contribution in [0.5, 0.6) is 0 Å². The molecule has 0 spiro atoms. The van der Waals surface area contributed by atoms with Crippen molar-refractivity contribution in [2.45, 2.75) is 58.2 Å². The van der Waals surface area contributed by atoms with E-state index in [-0.39, 0.29) is 24.3 Å². The van der Waals surface area contributed by atoms with Crippen molar-refractivity contribution in [1.82, 2.24) is 25.8 Å². The van der Waals surface area contributed by atoms with Crippen molar-refractivity contribution in [3.8, 4) is 0 Å². The molecule has 0 aliphatic carbocycles. The predicted molar refractivity (Wildman–Crippen MR) is 155 cm³/mol. The Morgan fingerprint density at radius 1 is 0.875 bits per heavy atom. The summed E-state index contributed by atoms with van der Waals surface area (Å²) in [6.45, 7) is 5.82. The number of likely N-dealkylation sites (N-methyl/N-ethyl adjacent to an activating group) is 1. The Labute approximate surface area is 237 Å². The van der Waals surface area contributed by atoms with E-state index in [1.165, 1.54) is 4.90 Å². The van der Waals surface area contributed by atoms with Crippen molar-refractivity contribution in [2.24, 2.45) is 5.92 Å². The summed E-state index contributed by atoms with van der Waals surface area (Å²) in [6.07, 6.45) is 4.72. The van der Waals surface area contributed by atoms with Gasteiger partial charge in [-0.25, -0.2) is 0 Å². The first-order valence-electron chi connectivity index (χ1n) is 13.8. The second-order valence-electron chi connectivity index (χ2n) is 10.5. The van der Waals surface area contributed by atoms with Crippen LogP contribution in [0, 0.1) is 5.92 Å². The number of benzene rings is 2. The summed E-state index contributed by atoms with van der Waals surface area (Å²) < 4.78 is 0. The maximum atomic E-state index is 13.6. The van der Waals surface area contributed by atoms with Gasteiger partial charge in [-0.15, -0.1) is 0 Å². The summed E-state index contributed by atoms with van der Waals surface area (Å²) in [5.74, 6) is -1.16. The van der Waals surface area contributed by atoms with E-state index >= 15 is 0 Å². The summed E-state index contributed by atoms with van der Waals surface area (Å²) >= 11 is 0. The first-order chi connectivity index (χ1) is 19.2. The SMILES string of the molecule is CN[C@@H](C)C(=O)N[C@@H](CC(C)C)C(=O)NCC(=O)N1C=CN(CCc2ccccc2)C(=O)[C@@H]1Cc1ccccc1. The highest BCUT2D eigenvalue weighted by Crippen LogP contribution is 2.19. The molecule has 0 saturated carbocycles. The molecule has 0 bridgehead atoms. The number of amides is 4. The molecule has 0 fully saturated rings. The van der Waals surface area contributed by atoms with Crippen molar-refractivity contribution >= 4 is 23.6 Å². The molecule has 2 aromatic carbocycles. The maximum absolute atomic E-state index is 13.6. The summed E-state index contributed by atoms with van der Waals surface area (Å²) in [4.78, 5) is 55.4. The number of hydrogen-bond donors (Lipinski definition) is 3. The fraction of sp³-hybridized carbons (Fsp3) is 0.419. The number of nitrogens with one attached hydrogen (secondary N) is 3. The molecule has 3 atom stereocenters. The standard InChI is InChI=1S/C31H41N5O4/c1-22(2)19-26(34-29(38)23(3)32-4)30(39)33-21-28(37)36-18-17-35(16-15-24-11-7-5-8-12-24)31(40)27(36)20-25-13-9-6-10-14-25/h5-14,17-18,22-23,26-27,32H,15-16,19-21H2,1-4H3,(H,33,39)(H,34,38)/t23-,26-,27-/m0/s1. The number of hydrogen-bond acceptors (Lipinski definition) is 5. The molecule has 0 saturated heterocycles. The number of carbonyl (C=O) groups is 4. The van der Waals surface area contributed by atoms with Gasteiger partial charge in [0.15, 0.2) is 0 Å². The Morgan fingerprint density at radius 2 is 1.50 bits per heavy atom. The lowest BCUT2D eigenvalue weighted by atomic mass is 10.0. The van der Waals surface area contributed by atoms with Crippen LogP contribution in [-0.2, 0) is 32.0 Å². The third kappa shape index (κ3) is 8.77. The van der Waals surface area contributed by atoms with E-state index in [2.05, 4.69) is 16.0 Å². The van der Waals surface area contributed by atoms with Crippen molar-refractivity contribution < 1.29 is 19.2 Å². The van der Waals surface area contributed by atoms with Gasteiger partial charge in [-0.2, -0.15) is 0 Å². The summed E-state index contributed by atoms with van der Waals surface area (Å²) in [5.41, 5.74) is 2.05. The topological polar surface area (TPSA) is 111 Å². The van der Waals surface area contributed by atoms with Crippen LogP contribution in [0.15, 0.2) is 73.1 Å². The Morgan fingerprint density at radius 3 is 2.10 bits per heavy atom. The average Bonchev–Trinajstić information content (AvgIpc) is 2.96. The minimum atomic E-state index is -0.775. The molecule has 1 heterocycles. The van der Waals surface area contributed by atoms with E-state index in [0.29, 0.717) is 25.8 Å². The van der Waals surface area contributed by atoms with Crippen LogP contribution in [0.3, 0.4) is 0 Å². The lowest BCUT2D eigenvalue weighted by molar-refractivity contribution is -0.143. The largest absolute Gasteiger partial charge is 0.345 e. The van der Waals surface area contributed by atoms with E-state index in [1.54, 1.807) is 31.3 Å². The van der Waals surface area contributed by atoms with Gasteiger partial charge in [0.05, 0.1) is 12.6 Å². The minimum Gasteiger partial charge on any atom is -0.345 e. The third-order valence-electron chi connectivity index (χ3n) is 6.94. The van der Waals surface area contributed by atoms with Crippen LogP contribution in [-0.4, -0.2) is 71.7 Å². The van der Waals surface area contributed by atoms with Crippen LogP contribution in [0.2, 0.25) is 0 Å². The van der Waals surface area contributed by atoms with E-state index in [4.69, 9.17) is 0 Å². The molecule has 9 heteroatoms. The van der Waals surface area contributed by atoms with Gasteiger partial charge in [-0.1, -0.05) is 74.5 Å². The lowest BCUT2D eigenvalue weighted by Crippen LogP contribution is -2.56. The van der Waals surface area contributed by atoms with Crippen molar-refractivity contribution in [1.29, 1.82) is 0 Å². The van der Waals surface area contributed by atoms with Crippen LogP contribution < -0.4 is 16.0 Å². The normalized spacial score (nSPS) is 16.5. The fourth-order valence-electron chi connectivity index (χ4n) is 4.51. The van der Waals surface area contributed by atoms with Gasteiger partial charge in [-0.05, 0) is 43.9 Å². The highest BCUT2D eigenvalue weighted by Gasteiger charge is 2.35. The molecule has 0 radical (unpaired) electrons. The van der Waals surface area contributed by atoms with Gasteiger partial charge in [0.25, 0.3) is 0 Å². The molecule has 9 nitrogen and oxygen atoms in total. The van der Waals surface area contributed by atoms with Crippen LogP contribution >= 0.6 is 0 Å². The second-order valence-corrected chi connectivity index (χ2v) is 10.5. The number of carbonyl (C=O) groups excluding carboxylic acids is 4. The number of nitrogens with zero attached hydrogens (tertiary/aromatic N) is 2. The monoisotopic (exact) mass is 547 g/mol. The van der Waals surface area contributed by atoms with E-state index in [0.717, 1.165) is 11.1 Å². The molecule has 3 rings (SSSR count). The summed E-state index contributed by atoms with van der Waals surface area (Å²) in [7, 11) is 1.67. The van der Waals surface area contributed by atoms with Gasteiger partial charge < -0.3 is 25.8 Å². The molecule has 1 aliphatic rings. The Kier molecular flexibility index (Phi) is 11.4. The highest BCUT2D eigenvalue weighted by molar-refractivity contribution is 5.94. The predicted octanol–water partition coefficient (Wildman–Crippen LogP) is 2.24.